The molecule has 0 fully saturated rings. The number of primary amides is 1. The van der Waals surface area contributed by atoms with E-state index in [-0.39, 0.29) is 5.91 Å². The van der Waals surface area contributed by atoms with Gasteiger partial charge < -0.3 is 11.1 Å². The van der Waals surface area contributed by atoms with E-state index in [1.165, 1.54) is 0 Å². The SMILES string of the molecule is CCC1CN=C(NC(C)(C)C(N)=O)S1. The number of hydrogen-bond acceptors (Lipinski definition) is 4. The van der Waals surface area contributed by atoms with Crippen LogP contribution in [0.3, 0.4) is 0 Å². The standard InChI is InChI=1S/C9H17N3OS/c1-4-6-5-11-8(14-6)12-9(2,3)7(10)13/h6H,4-5H2,1-3H3,(H2,10,13)(H,11,12). The number of nitrogens with zero attached hydrogens (tertiary/aromatic N) is 1. The Morgan fingerprint density at radius 1 is 1.79 bits per heavy atom. The highest BCUT2D eigenvalue weighted by Crippen LogP contribution is 2.23. The lowest BCUT2D eigenvalue weighted by atomic mass is 10.1. The molecule has 0 bridgehead atoms. The molecule has 1 amide bonds. The molecule has 1 atom stereocenters. The zero-order chi connectivity index (χ0) is 10.8. The van der Waals surface area contributed by atoms with Gasteiger partial charge in [-0.15, -0.1) is 0 Å². The fraction of sp³-hybridized carbons (Fsp3) is 0.778. The van der Waals surface area contributed by atoms with Crippen LogP contribution >= 0.6 is 11.8 Å². The first-order valence-electron chi connectivity index (χ1n) is 4.75. The van der Waals surface area contributed by atoms with Gasteiger partial charge >= 0.3 is 0 Å². The molecular weight excluding hydrogens is 198 g/mol. The molecule has 0 radical (unpaired) electrons. The largest absolute Gasteiger partial charge is 0.368 e. The number of aliphatic imine (C=N–C) groups is 1. The van der Waals surface area contributed by atoms with Crippen LogP contribution in [0.4, 0.5) is 0 Å². The highest BCUT2D eigenvalue weighted by Gasteiger charge is 2.28. The number of amides is 1. The van der Waals surface area contributed by atoms with Crippen molar-refractivity contribution in [3.8, 4) is 0 Å². The lowest BCUT2D eigenvalue weighted by Gasteiger charge is -2.23. The van der Waals surface area contributed by atoms with Gasteiger partial charge in [0.15, 0.2) is 5.17 Å². The summed E-state index contributed by atoms with van der Waals surface area (Å²) in [6, 6.07) is 0. The van der Waals surface area contributed by atoms with Gasteiger partial charge in [0.1, 0.15) is 5.54 Å². The average Bonchev–Trinajstić information content (AvgIpc) is 2.51. The molecule has 1 rings (SSSR count). The Bertz CT molecular complexity index is 263. The molecule has 14 heavy (non-hydrogen) atoms. The van der Waals surface area contributed by atoms with E-state index in [1.54, 1.807) is 25.6 Å². The van der Waals surface area contributed by atoms with E-state index < -0.39 is 5.54 Å². The number of thioether (sulfide) groups is 1. The first-order chi connectivity index (χ1) is 6.45. The molecule has 0 saturated carbocycles. The van der Waals surface area contributed by atoms with Crippen LogP contribution in [0.15, 0.2) is 4.99 Å². The van der Waals surface area contributed by atoms with Crippen molar-refractivity contribution in [2.24, 2.45) is 10.7 Å². The van der Waals surface area contributed by atoms with Crippen molar-refractivity contribution in [1.29, 1.82) is 0 Å². The van der Waals surface area contributed by atoms with Crippen LogP contribution in [0.1, 0.15) is 27.2 Å². The summed E-state index contributed by atoms with van der Waals surface area (Å²) in [6.45, 7) is 6.49. The minimum Gasteiger partial charge on any atom is -0.368 e. The van der Waals surface area contributed by atoms with Crippen molar-refractivity contribution in [2.75, 3.05) is 6.54 Å². The number of hydrogen-bond donors (Lipinski definition) is 2. The van der Waals surface area contributed by atoms with Crippen LogP contribution in [0, 0.1) is 0 Å². The van der Waals surface area contributed by atoms with Crippen LogP contribution in [0.25, 0.3) is 0 Å². The Morgan fingerprint density at radius 3 is 2.86 bits per heavy atom. The van der Waals surface area contributed by atoms with Crippen LogP contribution in [-0.2, 0) is 4.79 Å². The Morgan fingerprint density at radius 2 is 2.43 bits per heavy atom. The minimum absolute atomic E-state index is 0.360. The quantitative estimate of drug-likeness (QED) is 0.729. The zero-order valence-electron chi connectivity index (χ0n) is 8.83. The molecule has 1 aliphatic rings. The number of nitrogens with one attached hydrogen (secondary N) is 1. The fourth-order valence-electron chi connectivity index (χ4n) is 1.03. The molecule has 1 unspecified atom stereocenters. The molecule has 0 aromatic heterocycles. The molecule has 0 aromatic rings. The third kappa shape index (κ3) is 2.64. The van der Waals surface area contributed by atoms with Gasteiger partial charge in [0, 0.05) is 5.25 Å². The number of amidine groups is 1. The van der Waals surface area contributed by atoms with Crippen molar-refractivity contribution in [2.45, 2.75) is 38.0 Å². The van der Waals surface area contributed by atoms with Gasteiger partial charge in [-0.05, 0) is 20.3 Å². The van der Waals surface area contributed by atoms with Crippen LogP contribution in [0.5, 0.6) is 0 Å². The molecule has 5 heteroatoms. The van der Waals surface area contributed by atoms with Crippen molar-refractivity contribution < 1.29 is 4.79 Å². The second-order valence-electron chi connectivity index (χ2n) is 3.91. The van der Waals surface area contributed by atoms with Gasteiger partial charge in [0.25, 0.3) is 0 Å². The molecule has 4 nitrogen and oxygen atoms in total. The second-order valence-corrected chi connectivity index (χ2v) is 5.20. The van der Waals surface area contributed by atoms with Gasteiger partial charge in [0.2, 0.25) is 5.91 Å². The number of carbonyl (C=O) groups excluding carboxylic acids is 1. The molecule has 0 aromatic carbocycles. The fourth-order valence-corrected chi connectivity index (χ4v) is 2.12. The summed E-state index contributed by atoms with van der Waals surface area (Å²) in [7, 11) is 0. The van der Waals surface area contributed by atoms with E-state index in [0.717, 1.165) is 18.1 Å². The number of nitrogens with two attached hydrogens (primary N) is 1. The Balaban J connectivity index is 2.51. The highest BCUT2D eigenvalue weighted by molar-refractivity contribution is 8.14. The maximum atomic E-state index is 11.1. The topological polar surface area (TPSA) is 67.5 Å². The van der Waals surface area contributed by atoms with E-state index in [9.17, 15) is 4.79 Å². The van der Waals surface area contributed by atoms with Crippen molar-refractivity contribution in [3.63, 3.8) is 0 Å². The zero-order valence-corrected chi connectivity index (χ0v) is 9.65. The average molecular weight is 215 g/mol. The molecule has 80 valence electrons. The van der Waals surface area contributed by atoms with Gasteiger partial charge in [-0.2, -0.15) is 0 Å². The lowest BCUT2D eigenvalue weighted by molar-refractivity contribution is -0.122. The van der Waals surface area contributed by atoms with Gasteiger partial charge in [0.05, 0.1) is 6.54 Å². The third-order valence-corrected chi connectivity index (χ3v) is 3.48. The van der Waals surface area contributed by atoms with E-state index >= 15 is 0 Å². The second kappa shape index (κ2) is 4.21. The smallest absolute Gasteiger partial charge is 0.242 e. The first kappa shape index (κ1) is 11.4. The third-order valence-electron chi connectivity index (χ3n) is 2.21. The van der Waals surface area contributed by atoms with Crippen molar-refractivity contribution in [1.82, 2.24) is 5.32 Å². The number of carbonyl (C=O) groups is 1. The van der Waals surface area contributed by atoms with Crippen LogP contribution in [0.2, 0.25) is 0 Å². The highest BCUT2D eigenvalue weighted by atomic mass is 32.2. The van der Waals surface area contributed by atoms with Gasteiger partial charge in [-0.3, -0.25) is 9.79 Å². The molecule has 1 heterocycles. The summed E-state index contributed by atoms with van der Waals surface area (Å²) >= 11 is 1.69. The minimum atomic E-state index is -0.714. The Kier molecular flexibility index (Phi) is 3.42. The van der Waals surface area contributed by atoms with E-state index in [2.05, 4.69) is 17.2 Å². The Hall–Kier alpha value is -0.710. The maximum Gasteiger partial charge on any atom is 0.242 e. The predicted molar refractivity (Wildman–Crippen MR) is 60.4 cm³/mol. The molecule has 0 spiro atoms. The summed E-state index contributed by atoms with van der Waals surface area (Å²) < 4.78 is 0. The maximum absolute atomic E-state index is 11.1. The van der Waals surface area contributed by atoms with E-state index in [0.29, 0.717) is 5.25 Å². The predicted octanol–water partition coefficient (Wildman–Crippen LogP) is 0.721. The molecule has 0 saturated heterocycles. The van der Waals surface area contributed by atoms with Gasteiger partial charge in [-0.25, -0.2) is 0 Å². The van der Waals surface area contributed by atoms with Gasteiger partial charge in [-0.1, -0.05) is 18.7 Å². The lowest BCUT2D eigenvalue weighted by Crippen LogP contribution is -2.52. The molecule has 0 aliphatic carbocycles. The monoisotopic (exact) mass is 215 g/mol. The van der Waals surface area contributed by atoms with Crippen LogP contribution in [-0.4, -0.2) is 28.4 Å². The molecular formula is C9H17N3OS. The molecule has 3 N–H and O–H groups in total. The number of rotatable bonds is 3. The van der Waals surface area contributed by atoms with E-state index in [1.807, 2.05) is 0 Å². The van der Waals surface area contributed by atoms with Crippen molar-refractivity contribution in [3.05, 3.63) is 0 Å². The summed E-state index contributed by atoms with van der Waals surface area (Å²) in [5.74, 6) is -0.360. The molecule has 1 aliphatic heterocycles. The summed E-state index contributed by atoms with van der Waals surface area (Å²) in [5.41, 5.74) is 4.54. The summed E-state index contributed by atoms with van der Waals surface area (Å²) in [4.78, 5) is 15.4. The Labute approximate surface area is 88.7 Å². The summed E-state index contributed by atoms with van der Waals surface area (Å²) in [5, 5.41) is 4.43. The normalized spacial score (nSPS) is 21.9. The van der Waals surface area contributed by atoms with Crippen molar-refractivity contribution >= 4 is 22.8 Å². The first-order valence-corrected chi connectivity index (χ1v) is 5.63. The summed E-state index contributed by atoms with van der Waals surface area (Å²) in [6.07, 6.45) is 1.09. The van der Waals surface area contributed by atoms with E-state index in [4.69, 9.17) is 5.73 Å². The van der Waals surface area contributed by atoms with Crippen LogP contribution < -0.4 is 11.1 Å².